The van der Waals surface area contributed by atoms with Crippen molar-refractivity contribution in [3.05, 3.63) is 41.6 Å². The van der Waals surface area contributed by atoms with Crippen LogP contribution < -0.4 is 15.1 Å². The Hall–Kier alpha value is -3.07. The summed E-state index contributed by atoms with van der Waals surface area (Å²) in [7, 11) is 0. The van der Waals surface area contributed by atoms with E-state index in [1.807, 2.05) is 30.3 Å². The summed E-state index contributed by atoms with van der Waals surface area (Å²) in [5.41, 5.74) is 2.43. The Morgan fingerprint density at radius 2 is 2.00 bits per heavy atom. The van der Waals surface area contributed by atoms with Gasteiger partial charge in [-0.3, -0.25) is 0 Å². The second-order valence-corrected chi connectivity index (χ2v) is 6.58. The van der Waals surface area contributed by atoms with Crippen molar-refractivity contribution in [1.82, 2.24) is 15.2 Å². The van der Waals surface area contributed by atoms with Gasteiger partial charge in [-0.15, -0.1) is 5.10 Å². The third-order valence-corrected chi connectivity index (χ3v) is 4.74. The van der Waals surface area contributed by atoms with E-state index in [0.29, 0.717) is 50.4 Å². The van der Waals surface area contributed by atoms with Gasteiger partial charge in [-0.05, 0) is 19.1 Å². The van der Waals surface area contributed by atoms with Crippen LogP contribution in [0, 0.1) is 0 Å². The van der Waals surface area contributed by atoms with Gasteiger partial charge in [0.2, 0.25) is 11.9 Å². The van der Waals surface area contributed by atoms with Gasteiger partial charge in [0.1, 0.15) is 0 Å². The molecule has 9 heteroatoms. The molecule has 1 fully saturated rings. The molecular formula is C19H24N6O3. The van der Waals surface area contributed by atoms with E-state index >= 15 is 0 Å². The van der Waals surface area contributed by atoms with Crippen LogP contribution in [0.1, 0.15) is 6.92 Å². The minimum Gasteiger partial charge on any atom is -0.463 e. The van der Waals surface area contributed by atoms with Crippen LogP contribution in [-0.2, 0) is 14.3 Å². The van der Waals surface area contributed by atoms with Crippen molar-refractivity contribution in [1.29, 1.82) is 0 Å². The molecule has 1 saturated heterocycles. The zero-order chi connectivity index (χ0) is 19.3. The first-order chi connectivity index (χ1) is 13.7. The summed E-state index contributed by atoms with van der Waals surface area (Å²) >= 11 is 0. The average molecular weight is 384 g/mol. The van der Waals surface area contributed by atoms with Gasteiger partial charge >= 0.3 is 5.97 Å². The SMILES string of the molecule is CCOC(=O)C1=C(Nc2nc(N3CCOCC3)n[nH]2)CN(c2ccccc2)C1. The Morgan fingerprint density at radius 3 is 2.75 bits per heavy atom. The van der Waals surface area contributed by atoms with Crippen molar-refractivity contribution in [2.75, 3.05) is 61.1 Å². The highest BCUT2D eigenvalue weighted by Crippen LogP contribution is 2.26. The van der Waals surface area contributed by atoms with Gasteiger partial charge in [0.05, 0.1) is 38.5 Å². The molecule has 0 atom stereocenters. The molecule has 28 heavy (non-hydrogen) atoms. The van der Waals surface area contributed by atoms with Crippen LogP contribution in [-0.4, -0.2) is 67.2 Å². The lowest BCUT2D eigenvalue weighted by atomic mass is 10.2. The van der Waals surface area contributed by atoms with E-state index in [1.165, 1.54) is 0 Å². The number of H-pyrrole nitrogens is 1. The first-order valence-corrected chi connectivity index (χ1v) is 9.46. The maximum absolute atomic E-state index is 12.5. The van der Waals surface area contributed by atoms with E-state index in [0.717, 1.165) is 24.5 Å². The molecular weight excluding hydrogens is 360 g/mol. The smallest absolute Gasteiger partial charge is 0.337 e. The monoisotopic (exact) mass is 384 g/mol. The molecule has 3 heterocycles. The number of nitrogens with zero attached hydrogens (tertiary/aromatic N) is 4. The standard InChI is InChI=1S/C19H24N6O3/c1-2-28-17(26)15-12-25(14-6-4-3-5-7-14)13-16(15)20-18-21-19(23-22-18)24-8-10-27-11-9-24/h3-7H,2,8-13H2,1H3,(H2,20,21,22,23). The number of hydrogen-bond donors (Lipinski definition) is 2. The van der Waals surface area contributed by atoms with E-state index in [9.17, 15) is 4.79 Å². The van der Waals surface area contributed by atoms with E-state index in [1.54, 1.807) is 6.92 Å². The van der Waals surface area contributed by atoms with Crippen LogP contribution >= 0.6 is 0 Å². The highest BCUT2D eigenvalue weighted by Gasteiger charge is 2.29. The van der Waals surface area contributed by atoms with Crippen LogP contribution in [0.3, 0.4) is 0 Å². The second kappa shape index (κ2) is 8.30. The number of para-hydroxylation sites is 1. The normalized spacial score (nSPS) is 17.2. The molecule has 0 bridgehead atoms. The van der Waals surface area contributed by atoms with Gasteiger partial charge in [-0.2, -0.15) is 4.98 Å². The lowest BCUT2D eigenvalue weighted by molar-refractivity contribution is -0.138. The zero-order valence-electron chi connectivity index (χ0n) is 15.9. The number of morpholine rings is 1. The summed E-state index contributed by atoms with van der Waals surface area (Å²) in [5.74, 6) is 0.826. The number of nitrogens with one attached hydrogen (secondary N) is 2. The number of esters is 1. The first kappa shape index (κ1) is 18.3. The summed E-state index contributed by atoms with van der Waals surface area (Å²) in [6.45, 7) is 6.04. The Kier molecular flexibility index (Phi) is 5.43. The minimum absolute atomic E-state index is 0.309. The molecule has 1 aromatic heterocycles. The van der Waals surface area contributed by atoms with Gasteiger partial charge in [-0.25, -0.2) is 9.89 Å². The number of hydrogen-bond acceptors (Lipinski definition) is 8. The topological polar surface area (TPSA) is 95.6 Å². The van der Waals surface area contributed by atoms with Crippen molar-refractivity contribution in [2.24, 2.45) is 0 Å². The largest absolute Gasteiger partial charge is 0.463 e. The Morgan fingerprint density at radius 1 is 1.21 bits per heavy atom. The van der Waals surface area contributed by atoms with Gasteiger partial charge in [0.25, 0.3) is 0 Å². The molecule has 2 aromatic rings. The maximum atomic E-state index is 12.5. The predicted molar refractivity (Wildman–Crippen MR) is 105 cm³/mol. The van der Waals surface area contributed by atoms with Crippen molar-refractivity contribution in [3.63, 3.8) is 0 Å². The summed E-state index contributed by atoms with van der Waals surface area (Å²) < 4.78 is 10.6. The molecule has 2 aliphatic heterocycles. The fourth-order valence-corrected chi connectivity index (χ4v) is 3.33. The number of carbonyl (C=O) groups excluding carboxylic acids is 1. The molecule has 0 spiro atoms. The van der Waals surface area contributed by atoms with Gasteiger partial charge in [0, 0.05) is 24.5 Å². The quantitative estimate of drug-likeness (QED) is 0.722. The van der Waals surface area contributed by atoms with E-state index in [4.69, 9.17) is 9.47 Å². The van der Waals surface area contributed by atoms with Crippen LogP contribution in [0.2, 0.25) is 0 Å². The molecule has 148 valence electrons. The molecule has 0 aliphatic carbocycles. The fraction of sp³-hybridized carbons (Fsp3) is 0.421. The molecule has 0 unspecified atom stereocenters. The highest BCUT2D eigenvalue weighted by molar-refractivity contribution is 5.92. The molecule has 2 aliphatic rings. The fourth-order valence-electron chi connectivity index (χ4n) is 3.33. The lowest BCUT2D eigenvalue weighted by Crippen LogP contribution is -2.36. The molecule has 0 radical (unpaired) electrons. The van der Waals surface area contributed by atoms with Crippen molar-refractivity contribution in [2.45, 2.75) is 6.92 Å². The number of anilines is 3. The summed E-state index contributed by atoms with van der Waals surface area (Å²) in [6, 6.07) is 9.99. The molecule has 4 rings (SSSR count). The number of carbonyl (C=O) groups is 1. The third kappa shape index (κ3) is 3.94. The minimum atomic E-state index is -0.309. The highest BCUT2D eigenvalue weighted by atomic mass is 16.5. The van der Waals surface area contributed by atoms with Crippen molar-refractivity contribution >= 4 is 23.6 Å². The number of ether oxygens (including phenoxy) is 2. The Bertz CT molecular complexity index is 844. The molecule has 2 N–H and O–H groups in total. The summed E-state index contributed by atoms with van der Waals surface area (Å²) in [6.07, 6.45) is 0. The van der Waals surface area contributed by atoms with Gasteiger partial charge in [-0.1, -0.05) is 18.2 Å². The lowest BCUT2D eigenvalue weighted by Gasteiger charge is -2.25. The average Bonchev–Trinajstić information content (AvgIpc) is 3.37. The van der Waals surface area contributed by atoms with E-state index in [2.05, 4.69) is 30.3 Å². The number of rotatable bonds is 6. The molecule has 1 aromatic carbocycles. The van der Waals surface area contributed by atoms with Crippen LogP contribution in [0.15, 0.2) is 41.6 Å². The van der Waals surface area contributed by atoms with Crippen LogP contribution in [0.25, 0.3) is 0 Å². The number of aromatic nitrogens is 3. The van der Waals surface area contributed by atoms with Crippen molar-refractivity contribution in [3.8, 4) is 0 Å². The summed E-state index contributed by atoms with van der Waals surface area (Å²) in [5, 5.41) is 10.4. The Balaban J connectivity index is 1.52. The second-order valence-electron chi connectivity index (χ2n) is 6.58. The van der Waals surface area contributed by atoms with E-state index in [-0.39, 0.29) is 5.97 Å². The molecule has 9 nitrogen and oxygen atoms in total. The van der Waals surface area contributed by atoms with Crippen LogP contribution in [0.5, 0.6) is 0 Å². The molecule has 0 saturated carbocycles. The third-order valence-electron chi connectivity index (χ3n) is 4.74. The van der Waals surface area contributed by atoms with Crippen molar-refractivity contribution < 1.29 is 14.3 Å². The Labute approximate surface area is 163 Å². The van der Waals surface area contributed by atoms with Gasteiger partial charge in [0.15, 0.2) is 0 Å². The number of aromatic amines is 1. The zero-order valence-corrected chi connectivity index (χ0v) is 15.9. The summed E-state index contributed by atoms with van der Waals surface area (Å²) in [4.78, 5) is 21.2. The maximum Gasteiger partial charge on any atom is 0.337 e. The van der Waals surface area contributed by atoms with Gasteiger partial charge < -0.3 is 24.6 Å². The first-order valence-electron chi connectivity index (χ1n) is 9.46. The van der Waals surface area contributed by atoms with Crippen LogP contribution in [0.4, 0.5) is 17.6 Å². The number of benzene rings is 1. The predicted octanol–water partition coefficient (Wildman–Crippen LogP) is 1.39. The van der Waals surface area contributed by atoms with E-state index < -0.39 is 0 Å². The molecule has 0 amide bonds.